The van der Waals surface area contributed by atoms with Crippen LogP contribution in [-0.4, -0.2) is 11.4 Å². The summed E-state index contributed by atoms with van der Waals surface area (Å²) in [6.07, 6.45) is 1.91. The van der Waals surface area contributed by atoms with Crippen molar-refractivity contribution in [2.24, 2.45) is 11.5 Å². The van der Waals surface area contributed by atoms with Crippen molar-refractivity contribution in [2.45, 2.75) is 11.4 Å². The zero-order chi connectivity index (χ0) is 5.28. The van der Waals surface area contributed by atoms with Gasteiger partial charge in [0.25, 0.3) is 0 Å². The summed E-state index contributed by atoms with van der Waals surface area (Å²) in [5, 5.41) is 2.04. The summed E-state index contributed by atoms with van der Waals surface area (Å²) in [6, 6.07) is 0.0741. The highest BCUT2D eigenvalue weighted by Gasteiger charge is 2.13. The largest absolute Gasteiger partial charge is 0.322 e. The summed E-state index contributed by atoms with van der Waals surface area (Å²) >= 11 is 1.58. The van der Waals surface area contributed by atoms with Crippen LogP contribution in [0.25, 0.3) is 0 Å². The molecule has 0 amide bonds. The molecule has 1 aliphatic rings. The first-order valence-electron chi connectivity index (χ1n) is 2.14. The van der Waals surface area contributed by atoms with Gasteiger partial charge in [0.2, 0.25) is 0 Å². The molecule has 0 saturated carbocycles. The van der Waals surface area contributed by atoms with Crippen molar-refractivity contribution in [1.29, 1.82) is 0 Å². The molecule has 0 radical (unpaired) electrons. The second-order valence-electron chi connectivity index (χ2n) is 1.51. The molecule has 0 aromatic carbocycles. The van der Waals surface area contributed by atoms with Crippen LogP contribution in [0.1, 0.15) is 0 Å². The number of nitrogens with two attached hydrogens (primary N) is 2. The molecule has 3 heteroatoms. The molecule has 0 spiro atoms. The van der Waals surface area contributed by atoms with Gasteiger partial charge in [-0.25, -0.2) is 0 Å². The van der Waals surface area contributed by atoms with E-state index in [2.05, 4.69) is 0 Å². The third kappa shape index (κ3) is 0.964. The van der Waals surface area contributed by atoms with E-state index in [1.807, 2.05) is 11.5 Å². The molecule has 0 bridgehead atoms. The van der Waals surface area contributed by atoms with E-state index >= 15 is 0 Å². The summed E-state index contributed by atoms with van der Waals surface area (Å²) in [6.45, 7) is 0. The Hall–Kier alpha value is 0.01000. The molecule has 0 aromatic heterocycles. The van der Waals surface area contributed by atoms with Crippen molar-refractivity contribution >= 4 is 11.8 Å². The third-order valence-corrected chi connectivity index (χ3v) is 1.86. The standard InChI is InChI=1S/C4H8N2S/c5-3-1-2-7-4(3)6/h1-4H,5-6H2. The van der Waals surface area contributed by atoms with E-state index in [1.54, 1.807) is 11.8 Å². The van der Waals surface area contributed by atoms with Gasteiger partial charge in [-0.15, -0.1) is 11.8 Å². The van der Waals surface area contributed by atoms with E-state index in [0.717, 1.165) is 0 Å². The Kier molecular flexibility index (Phi) is 1.37. The topological polar surface area (TPSA) is 52.0 Å². The van der Waals surface area contributed by atoms with Crippen LogP contribution in [0.3, 0.4) is 0 Å². The summed E-state index contributed by atoms with van der Waals surface area (Å²) in [5.74, 6) is 0. The number of thioether (sulfide) groups is 1. The van der Waals surface area contributed by atoms with Crippen molar-refractivity contribution in [3.8, 4) is 0 Å². The number of hydrogen-bond donors (Lipinski definition) is 2. The van der Waals surface area contributed by atoms with Crippen molar-refractivity contribution in [2.75, 3.05) is 0 Å². The fourth-order valence-electron chi connectivity index (χ4n) is 0.427. The minimum absolute atomic E-state index is 0.0741. The van der Waals surface area contributed by atoms with Crippen LogP contribution in [0.5, 0.6) is 0 Å². The first-order chi connectivity index (χ1) is 3.30. The smallest absolute Gasteiger partial charge is 0.0738 e. The molecule has 2 atom stereocenters. The lowest BCUT2D eigenvalue weighted by atomic mass is 10.3. The van der Waals surface area contributed by atoms with Crippen LogP contribution in [-0.2, 0) is 0 Å². The Balaban J connectivity index is 2.45. The second-order valence-corrected chi connectivity index (χ2v) is 2.60. The highest BCUT2D eigenvalue weighted by Crippen LogP contribution is 2.17. The Morgan fingerprint density at radius 2 is 2.14 bits per heavy atom. The molecular weight excluding hydrogens is 108 g/mol. The lowest BCUT2D eigenvalue weighted by Gasteiger charge is -2.04. The summed E-state index contributed by atoms with van der Waals surface area (Å²) in [4.78, 5) is 0. The van der Waals surface area contributed by atoms with E-state index in [1.165, 1.54) is 0 Å². The minimum Gasteiger partial charge on any atom is -0.322 e. The van der Waals surface area contributed by atoms with Gasteiger partial charge in [0, 0.05) is 6.04 Å². The van der Waals surface area contributed by atoms with Crippen molar-refractivity contribution < 1.29 is 0 Å². The molecule has 2 nitrogen and oxygen atoms in total. The predicted octanol–water partition coefficient (Wildman–Crippen LogP) is -0.141. The molecular formula is C4H8N2S. The zero-order valence-electron chi connectivity index (χ0n) is 3.87. The summed E-state index contributed by atoms with van der Waals surface area (Å²) < 4.78 is 0. The second kappa shape index (κ2) is 1.86. The monoisotopic (exact) mass is 116 g/mol. The van der Waals surface area contributed by atoms with Crippen LogP contribution in [0.4, 0.5) is 0 Å². The number of hydrogen-bond acceptors (Lipinski definition) is 3. The molecule has 7 heavy (non-hydrogen) atoms. The maximum absolute atomic E-state index is 5.45. The lowest BCUT2D eigenvalue weighted by Crippen LogP contribution is -2.33. The predicted molar refractivity (Wildman–Crippen MR) is 32.7 cm³/mol. The first kappa shape index (κ1) is 5.15. The average Bonchev–Trinajstić information content (AvgIpc) is 1.91. The molecule has 0 fully saturated rings. The molecule has 1 aliphatic heterocycles. The zero-order valence-corrected chi connectivity index (χ0v) is 4.69. The highest BCUT2D eigenvalue weighted by atomic mass is 32.2. The molecule has 0 aliphatic carbocycles. The quantitative estimate of drug-likeness (QED) is 0.463. The van der Waals surface area contributed by atoms with E-state index in [4.69, 9.17) is 11.5 Å². The Morgan fingerprint density at radius 3 is 2.29 bits per heavy atom. The van der Waals surface area contributed by atoms with Gasteiger partial charge in [-0.1, -0.05) is 6.08 Å². The van der Waals surface area contributed by atoms with Gasteiger partial charge in [-0.05, 0) is 5.41 Å². The van der Waals surface area contributed by atoms with E-state index < -0.39 is 0 Å². The Bertz CT molecular complexity index is 91.7. The van der Waals surface area contributed by atoms with Gasteiger partial charge in [0.05, 0.1) is 5.37 Å². The molecule has 2 unspecified atom stereocenters. The molecule has 4 N–H and O–H groups in total. The van der Waals surface area contributed by atoms with Gasteiger partial charge < -0.3 is 11.5 Å². The molecule has 1 heterocycles. The number of rotatable bonds is 0. The summed E-state index contributed by atoms with van der Waals surface area (Å²) in [5.41, 5.74) is 10.9. The fourth-order valence-corrected chi connectivity index (χ4v) is 1.15. The van der Waals surface area contributed by atoms with Gasteiger partial charge in [0.15, 0.2) is 0 Å². The van der Waals surface area contributed by atoms with Crippen LogP contribution in [0.2, 0.25) is 0 Å². The van der Waals surface area contributed by atoms with Gasteiger partial charge in [-0.3, -0.25) is 0 Å². The molecule has 1 rings (SSSR count). The van der Waals surface area contributed by atoms with E-state index in [0.29, 0.717) is 0 Å². The van der Waals surface area contributed by atoms with Crippen LogP contribution in [0.15, 0.2) is 11.5 Å². The molecule has 0 saturated heterocycles. The highest BCUT2D eigenvalue weighted by molar-refractivity contribution is 8.03. The van der Waals surface area contributed by atoms with Gasteiger partial charge in [0.1, 0.15) is 0 Å². The lowest BCUT2D eigenvalue weighted by molar-refractivity contribution is 0.787. The Morgan fingerprint density at radius 1 is 1.43 bits per heavy atom. The fraction of sp³-hybridized carbons (Fsp3) is 0.500. The molecule has 40 valence electrons. The van der Waals surface area contributed by atoms with Crippen molar-refractivity contribution in [3.63, 3.8) is 0 Å². The minimum atomic E-state index is 0.0741. The van der Waals surface area contributed by atoms with Gasteiger partial charge in [-0.2, -0.15) is 0 Å². The van der Waals surface area contributed by atoms with Crippen LogP contribution < -0.4 is 11.5 Å². The van der Waals surface area contributed by atoms with E-state index in [-0.39, 0.29) is 11.4 Å². The van der Waals surface area contributed by atoms with Crippen molar-refractivity contribution in [1.82, 2.24) is 0 Å². The first-order valence-corrected chi connectivity index (χ1v) is 3.08. The molecule has 0 aromatic rings. The van der Waals surface area contributed by atoms with E-state index in [9.17, 15) is 0 Å². The third-order valence-electron chi connectivity index (χ3n) is 0.916. The summed E-state index contributed by atoms with van der Waals surface area (Å²) in [7, 11) is 0. The van der Waals surface area contributed by atoms with Gasteiger partial charge >= 0.3 is 0 Å². The Labute approximate surface area is 46.9 Å². The SMILES string of the molecule is NC1C=CSC1N. The van der Waals surface area contributed by atoms with Crippen LogP contribution >= 0.6 is 11.8 Å². The van der Waals surface area contributed by atoms with Crippen molar-refractivity contribution in [3.05, 3.63) is 11.5 Å². The average molecular weight is 116 g/mol. The normalized spacial score (nSPS) is 39.7. The van der Waals surface area contributed by atoms with Crippen LogP contribution in [0, 0.1) is 0 Å². The maximum atomic E-state index is 5.45. The maximum Gasteiger partial charge on any atom is 0.0738 e.